The molecule has 2 rings (SSSR count). The lowest BCUT2D eigenvalue weighted by atomic mass is 9.98. The molecule has 3 N–H and O–H groups in total. The van der Waals surface area contributed by atoms with Crippen molar-refractivity contribution in [3.8, 4) is 5.75 Å². The summed E-state index contributed by atoms with van der Waals surface area (Å²) in [5, 5.41) is 15.6. The molecule has 1 atom stereocenters. The molecule has 0 radical (unpaired) electrons. The molecule has 0 aliphatic carbocycles. The van der Waals surface area contributed by atoms with E-state index >= 15 is 0 Å². The van der Waals surface area contributed by atoms with E-state index < -0.39 is 5.91 Å². The van der Waals surface area contributed by atoms with Gasteiger partial charge in [0.05, 0.1) is 11.6 Å². The fourth-order valence-corrected chi connectivity index (χ4v) is 2.64. The van der Waals surface area contributed by atoms with E-state index in [0.717, 1.165) is 16.7 Å². The maximum absolute atomic E-state index is 12.6. The molecule has 2 aromatic rings. The van der Waals surface area contributed by atoms with E-state index in [1.807, 2.05) is 39.0 Å². The molecule has 5 heteroatoms. The van der Waals surface area contributed by atoms with Gasteiger partial charge in [-0.1, -0.05) is 25.1 Å². The van der Waals surface area contributed by atoms with E-state index in [-0.39, 0.29) is 23.3 Å². The van der Waals surface area contributed by atoms with Crippen molar-refractivity contribution in [3.63, 3.8) is 0 Å². The molecule has 0 aliphatic rings. The van der Waals surface area contributed by atoms with Crippen molar-refractivity contribution in [2.45, 2.75) is 40.2 Å². The van der Waals surface area contributed by atoms with Crippen molar-refractivity contribution < 1.29 is 14.7 Å². The van der Waals surface area contributed by atoms with Crippen molar-refractivity contribution in [3.05, 3.63) is 58.7 Å². The fourth-order valence-electron chi connectivity index (χ4n) is 2.64. The van der Waals surface area contributed by atoms with Crippen LogP contribution in [0.4, 0.5) is 5.69 Å². The van der Waals surface area contributed by atoms with Gasteiger partial charge in [0.2, 0.25) is 5.91 Å². The van der Waals surface area contributed by atoms with Gasteiger partial charge in [0.15, 0.2) is 0 Å². The Hall–Kier alpha value is -2.82. The van der Waals surface area contributed by atoms with Crippen LogP contribution in [0, 0.1) is 13.8 Å². The van der Waals surface area contributed by atoms with Crippen molar-refractivity contribution in [1.82, 2.24) is 5.32 Å². The number of amides is 2. The topological polar surface area (TPSA) is 78.4 Å². The van der Waals surface area contributed by atoms with Crippen LogP contribution in [0.2, 0.25) is 0 Å². The number of phenolic OH excluding ortho intramolecular Hbond substituents is 1. The summed E-state index contributed by atoms with van der Waals surface area (Å²) in [4.78, 5) is 24.1. The van der Waals surface area contributed by atoms with Gasteiger partial charge in [0, 0.05) is 12.1 Å². The van der Waals surface area contributed by atoms with Gasteiger partial charge in [-0.25, -0.2) is 0 Å². The Kier molecular flexibility index (Phi) is 5.80. The predicted octanol–water partition coefficient (Wildman–Crippen LogP) is 3.85. The van der Waals surface area contributed by atoms with E-state index in [9.17, 15) is 14.7 Å². The Morgan fingerprint density at radius 1 is 1.16 bits per heavy atom. The quantitative estimate of drug-likeness (QED) is 0.724. The molecule has 0 saturated heterocycles. The SMILES string of the molecule is CCC(=O)Nc1ccc(O)c(C(=O)NC(C)c2cccc(C)c2C)c1. The maximum atomic E-state index is 12.6. The van der Waals surface area contributed by atoms with E-state index in [2.05, 4.69) is 10.6 Å². The van der Waals surface area contributed by atoms with Crippen LogP contribution in [0.15, 0.2) is 36.4 Å². The van der Waals surface area contributed by atoms with Gasteiger partial charge in [0.1, 0.15) is 5.75 Å². The Morgan fingerprint density at radius 2 is 1.88 bits per heavy atom. The first kappa shape index (κ1) is 18.5. The van der Waals surface area contributed by atoms with E-state index in [0.29, 0.717) is 12.1 Å². The Bertz CT molecular complexity index is 800. The molecule has 0 aliphatic heterocycles. The minimum atomic E-state index is -0.390. The lowest BCUT2D eigenvalue weighted by Gasteiger charge is -2.18. The van der Waals surface area contributed by atoms with Crippen molar-refractivity contribution in [1.29, 1.82) is 0 Å². The third kappa shape index (κ3) is 4.38. The fraction of sp³-hybridized carbons (Fsp3) is 0.300. The second-order valence-electron chi connectivity index (χ2n) is 6.12. The molecule has 132 valence electrons. The number of aryl methyl sites for hydroxylation is 1. The standard InChI is InChI=1S/C20H24N2O3/c1-5-19(24)22-15-9-10-18(23)17(11-15)20(25)21-14(4)16-8-6-7-12(2)13(16)3/h6-11,14,23H,5H2,1-4H3,(H,21,25)(H,22,24). The van der Waals surface area contributed by atoms with Crippen LogP contribution in [0.1, 0.15) is 53.4 Å². The van der Waals surface area contributed by atoms with Gasteiger partial charge in [-0.05, 0) is 55.7 Å². The molecule has 2 amide bonds. The second-order valence-corrected chi connectivity index (χ2v) is 6.12. The van der Waals surface area contributed by atoms with Gasteiger partial charge in [0.25, 0.3) is 5.91 Å². The first-order chi connectivity index (χ1) is 11.8. The van der Waals surface area contributed by atoms with Gasteiger partial charge < -0.3 is 15.7 Å². The molecular weight excluding hydrogens is 316 g/mol. The maximum Gasteiger partial charge on any atom is 0.255 e. The molecule has 0 heterocycles. The number of hydrogen-bond donors (Lipinski definition) is 3. The highest BCUT2D eigenvalue weighted by Gasteiger charge is 2.17. The number of aromatic hydroxyl groups is 1. The lowest BCUT2D eigenvalue weighted by molar-refractivity contribution is -0.115. The van der Waals surface area contributed by atoms with Crippen molar-refractivity contribution >= 4 is 17.5 Å². The van der Waals surface area contributed by atoms with Crippen LogP contribution in [0.5, 0.6) is 5.75 Å². The summed E-state index contributed by atoms with van der Waals surface area (Å²) in [6, 6.07) is 10.2. The first-order valence-corrected chi connectivity index (χ1v) is 8.33. The van der Waals surface area contributed by atoms with Crippen LogP contribution < -0.4 is 10.6 Å². The van der Waals surface area contributed by atoms with E-state index in [1.54, 1.807) is 13.0 Å². The average molecular weight is 340 g/mol. The van der Waals surface area contributed by atoms with Gasteiger partial charge >= 0.3 is 0 Å². The molecular formula is C20H24N2O3. The smallest absolute Gasteiger partial charge is 0.255 e. The Labute approximate surface area is 148 Å². The summed E-state index contributed by atoms with van der Waals surface area (Å²) in [6.07, 6.45) is 0.339. The zero-order valence-corrected chi connectivity index (χ0v) is 15.0. The average Bonchev–Trinajstić information content (AvgIpc) is 2.58. The predicted molar refractivity (Wildman–Crippen MR) is 98.8 cm³/mol. The number of carbonyl (C=O) groups is 2. The molecule has 0 fully saturated rings. The van der Waals surface area contributed by atoms with Crippen molar-refractivity contribution in [2.24, 2.45) is 0 Å². The largest absolute Gasteiger partial charge is 0.507 e. The number of hydrogen-bond acceptors (Lipinski definition) is 3. The van der Waals surface area contributed by atoms with Crippen LogP contribution in [-0.4, -0.2) is 16.9 Å². The summed E-state index contributed by atoms with van der Waals surface area (Å²) in [6.45, 7) is 7.69. The molecule has 25 heavy (non-hydrogen) atoms. The number of nitrogens with one attached hydrogen (secondary N) is 2. The third-order valence-electron chi connectivity index (χ3n) is 4.31. The van der Waals surface area contributed by atoms with E-state index in [1.165, 1.54) is 12.1 Å². The second kappa shape index (κ2) is 7.83. The van der Waals surface area contributed by atoms with Gasteiger partial charge in [-0.3, -0.25) is 9.59 Å². The zero-order valence-electron chi connectivity index (χ0n) is 15.0. The number of carbonyl (C=O) groups excluding carboxylic acids is 2. The van der Waals surface area contributed by atoms with Crippen molar-refractivity contribution in [2.75, 3.05) is 5.32 Å². The highest BCUT2D eigenvalue weighted by molar-refractivity contribution is 5.99. The van der Waals surface area contributed by atoms with Crippen LogP contribution >= 0.6 is 0 Å². The van der Waals surface area contributed by atoms with Crippen LogP contribution in [0.3, 0.4) is 0 Å². The number of phenols is 1. The summed E-state index contributed by atoms with van der Waals surface area (Å²) in [5.74, 6) is -0.667. The Morgan fingerprint density at radius 3 is 2.56 bits per heavy atom. The highest BCUT2D eigenvalue weighted by atomic mass is 16.3. The summed E-state index contributed by atoms with van der Waals surface area (Å²) in [5.41, 5.74) is 3.93. The first-order valence-electron chi connectivity index (χ1n) is 8.33. The Balaban J connectivity index is 2.21. The monoisotopic (exact) mass is 340 g/mol. The number of benzene rings is 2. The molecule has 5 nitrogen and oxygen atoms in total. The van der Waals surface area contributed by atoms with Crippen LogP contribution in [0.25, 0.3) is 0 Å². The van der Waals surface area contributed by atoms with Crippen LogP contribution in [-0.2, 0) is 4.79 Å². The number of anilines is 1. The molecule has 2 aromatic carbocycles. The lowest BCUT2D eigenvalue weighted by Crippen LogP contribution is -2.27. The van der Waals surface area contributed by atoms with Gasteiger partial charge in [-0.2, -0.15) is 0 Å². The van der Waals surface area contributed by atoms with Gasteiger partial charge in [-0.15, -0.1) is 0 Å². The summed E-state index contributed by atoms with van der Waals surface area (Å²) < 4.78 is 0. The minimum Gasteiger partial charge on any atom is -0.507 e. The molecule has 1 unspecified atom stereocenters. The molecule has 0 aromatic heterocycles. The normalized spacial score (nSPS) is 11.7. The van der Waals surface area contributed by atoms with E-state index in [4.69, 9.17) is 0 Å². The zero-order chi connectivity index (χ0) is 18.6. The molecule has 0 saturated carbocycles. The highest BCUT2D eigenvalue weighted by Crippen LogP contribution is 2.24. The molecule has 0 spiro atoms. The molecule has 0 bridgehead atoms. The summed E-state index contributed by atoms with van der Waals surface area (Å²) >= 11 is 0. The number of rotatable bonds is 5. The minimum absolute atomic E-state index is 0.125. The third-order valence-corrected chi connectivity index (χ3v) is 4.31. The summed E-state index contributed by atoms with van der Waals surface area (Å²) in [7, 11) is 0.